The standard InChI is InChI=1S/C12H14O5/c1-9(13)7-15-11-3-5-12(6-4-11)17-8-16-10(2)14/h3-6H,7-8H2,1-2H3. The summed E-state index contributed by atoms with van der Waals surface area (Å²) in [5, 5.41) is 0. The van der Waals surface area contributed by atoms with Crippen LogP contribution in [-0.2, 0) is 14.3 Å². The maximum atomic E-state index is 10.7. The lowest BCUT2D eigenvalue weighted by Crippen LogP contribution is -2.07. The zero-order valence-electron chi connectivity index (χ0n) is 9.76. The Bertz CT molecular complexity index is 382. The Balaban J connectivity index is 2.39. The minimum Gasteiger partial charge on any atom is -0.486 e. The molecule has 1 aromatic carbocycles. The fraction of sp³-hybridized carbons (Fsp3) is 0.333. The van der Waals surface area contributed by atoms with E-state index in [-0.39, 0.29) is 19.2 Å². The Morgan fingerprint density at radius 1 is 1.00 bits per heavy atom. The molecule has 1 aromatic rings. The van der Waals surface area contributed by atoms with Crippen LogP contribution in [0.15, 0.2) is 24.3 Å². The molecule has 0 saturated carbocycles. The number of carbonyl (C=O) groups is 2. The van der Waals surface area contributed by atoms with Crippen molar-refractivity contribution in [2.24, 2.45) is 0 Å². The van der Waals surface area contributed by atoms with Crippen LogP contribution in [0.4, 0.5) is 0 Å². The molecule has 0 heterocycles. The Kier molecular flexibility index (Phi) is 5.00. The molecule has 0 N–H and O–H groups in total. The predicted octanol–water partition coefficient (Wildman–Crippen LogP) is 1.55. The van der Waals surface area contributed by atoms with Crippen LogP contribution in [0.1, 0.15) is 13.8 Å². The van der Waals surface area contributed by atoms with Crippen molar-refractivity contribution in [2.45, 2.75) is 13.8 Å². The molecule has 0 radical (unpaired) electrons. The molecule has 0 unspecified atom stereocenters. The van der Waals surface area contributed by atoms with Gasteiger partial charge in [-0.15, -0.1) is 0 Å². The minimum atomic E-state index is -0.397. The topological polar surface area (TPSA) is 61.8 Å². The van der Waals surface area contributed by atoms with Gasteiger partial charge in [0.15, 0.2) is 5.78 Å². The zero-order chi connectivity index (χ0) is 12.7. The predicted molar refractivity (Wildman–Crippen MR) is 59.9 cm³/mol. The van der Waals surface area contributed by atoms with Gasteiger partial charge in [0.2, 0.25) is 6.79 Å². The number of ether oxygens (including phenoxy) is 3. The SMILES string of the molecule is CC(=O)COc1ccc(OCOC(C)=O)cc1. The van der Waals surface area contributed by atoms with Crippen molar-refractivity contribution in [3.8, 4) is 11.5 Å². The van der Waals surface area contributed by atoms with E-state index < -0.39 is 5.97 Å². The van der Waals surface area contributed by atoms with E-state index in [9.17, 15) is 9.59 Å². The lowest BCUT2D eigenvalue weighted by molar-refractivity contribution is -0.147. The van der Waals surface area contributed by atoms with Crippen LogP contribution in [0.5, 0.6) is 11.5 Å². The molecule has 0 aliphatic heterocycles. The van der Waals surface area contributed by atoms with Crippen LogP contribution >= 0.6 is 0 Å². The monoisotopic (exact) mass is 238 g/mol. The van der Waals surface area contributed by atoms with Crippen molar-refractivity contribution in [1.82, 2.24) is 0 Å². The number of Topliss-reactive ketones (excluding diaryl/α,β-unsaturated/α-hetero) is 1. The highest BCUT2D eigenvalue weighted by Crippen LogP contribution is 2.17. The van der Waals surface area contributed by atoms with Gasteiger partial charge in [-0.2, -0.15) is 0 Å². The molecule has 0 spiro atoms. The first kappa shape index (κ1) is 13.0. The van der Waals surface area contributed by atoms with Crippen LogP contribution in [0, 0.1) is 0 Å². The molecule has 5 nitrogen and oxygen atoms in total. The smallest absolute Gasteiger partial charge is 0.305 e. The number of hydrogen-bond donors (Lipinski definition) is 0. The number of hydrogen-bond acceptors (Lipinski definition) is 5. The molecule has 0 fully saturated rings. The summed E-state index contributed by atoms with van der Waals surface area (Å²) < 4.78 is 14.9. The molecule has 0 atom stereocenters. The van der Waals surface area contributed by atoms with Gasteiger partial charge in [0.25, 0.3) is 0 Å². The highest BCUT2D eigenvalue weighted by atomic mass is 16.7. The second kappa shape index (κ2) is 6.52. The first-order valence-electron chi connectivity index (χ1n) is 5.06. The molecule has 0 amide bonds. The van der Waals surface area contributed by atoms with Gasteiger partial charge in [-0.3, -0.25) is 9.59 Å². The number of rotatable bonds is 6. The van der Waals surface area contributed by atoms with E-state index in [0.717, 1.165) is 0 Å². The van der Waals surface area contributed by atoms with Gasteiger partial charge in [0, 0.05) is 6.92 Å². The summed E-state index contributed by atoms with van der Waals surface area (Å²) in [7, 11) is 0. The first-order chi connectivity index (χ1) is 8.08. The molecule has 5 heteroatoms. The second-order valence-corrected chi connectivity index (χ2v) is 3.36. The third-order valence-electron chi connectivity index (χ3n) is 1.75. The summed E-state index contributed by atoms with van der Waals surface area (Å²) in [6, 6.07) is 6.68. The van der Waals surface area contributed by atoms with Gasteiger partial charge in [0.05, 0.1) is 0 Å². The molecular weight excluding hydrogens is 224 g/mol. The Hall–Kier alpha value is -2.04. The van der Waals surface area contributed by atoms with Crippen molar-refractivity contribution in [3.63, 3.8) is 0 Å². The van der Waals surface area contributed by atoms with Crippen LogP contribution in [0.2, 0.25) is 0 Å². The molecule has 0 aliphatic carbocycles. The summed E-state index contributed by atoms with van der Waals surface area (Å²) >= 11 is 0. The maximum absolute atomic E-state index is 10.7. The molecule has 0 aromatic heterocycles. The van der Waals surface area contributed by atoms with E-state index in [0.29, 0.717) is 11.5 Å². The third kappa shape index (κ3) is 5.55. The minimum absolute atomic E-state index is 0.0415. The van der Waals surface area contributed by atoms with Crippen LogP contribution in [-0.4, -0.2) is 25.2 Å². The van der Waals surface area contributed by atoms with Crippen molar-refractivity contribution in [1.29, 1.82) is 0 Å². The van der Waals surface area contributed by atoms with E-state index in [1.54, 1.807) is 24.3 Å². The summed E-state index contributed by atoms with van der Waals surface area (Å²) in [6.07, 6.45) is 0. The largest absolute Gasteiger partial charge is 0.486 e. The molecule has 92 valence electrons. The molecule has 0 bridgehead atoms. The fourth-order valence-corrected chi connectivity index (χ4v) is 0.998. The average Bonchev–Trinajstić information content (AvgIpc) is 2.27. The second-order valence-electron chi connectivity index (χ2n) is 3.36. The molecule has 1 rings (SSSR count). The maximum Gasteiger partial charge on any atom is 0.305 e. The quantitative estimate of drug-likeness (QED) is 0.556. The lowest BCUT2D eigenvalue weighted by Gasteiger charge is -2.07. The normalized spacial score (nSPS) is 9.53. The molecular formula is C12H14O5. The highest BCUT2D eigenvalue weighted by Gasteiger charge is 1.99. The number of esters is 1. The highest BCUT2D eigenvalue weighted by molar-refractivity contribution is 5.77. The van der Waals surface area contributed by atoms with Crippen molar-refractivity contribution in [2.75, 3.05) is 13.4 Å². The third-order valence-corrected chi connectivity index (χ3v) is 1.75. The van der Waals surface area contributed by atoms with Gasteiger partial charge in [-0.05, 0) is 31.2 Å². The fourth-order valence-electron chi connectivity index (χ4n) is 0.998. The summed E-state index contributed by atoms with van der Waals surface area (Å²) in [5.41, 5.74) is 0. The van der Waals surface area contributed by atoms with Crippen LogP contribution in [0.3, 0.4) is 0 Å². The summed E-state index contributed by atoms with van der Waals surface area (Å²) in [5.74, 6) is 0.702. The van der Waals surface area contributed by atoms with E-state index in [1.807, 2.05) is 0 Å². The van der Waals surface area contributed by atoms with Gasteiger partial charge in [-0.25, -0.2) is 0 Å². The van der Waals surface area contributed by atoms with Gasteiger partial charge in [0.1, 0.15) is 18.1 Å². The van der Waals surface area contributed by atoms with E-state index in [4.69, 9.17) is 9.47 Å². The molecule has 17 heavy (non-hydrogen) atoms. The molecule has 0 saturated heterocycles. The van der Waals surface area contributed by atoms with Crippen LogP contribution < -0.4 is 9.47 Å². The van der Waals surface area contributed by atoms with E-state index >= 15 is 0 Å². The van der Waals surface area contributed by atoms with E-state index in [1.165, 1.54) is 13.8 Å². The first-order valence-corrected chi connectivity index (χ1v) is 5.06. The Morgan fingerprint density at radius 2 is 1.53 bits per heavy atom. The lowest BCUT2D eigenvalue weighted by atomic mass is 10.3. The van der Waals surface area contributed by atoms with Crippen molar-refractivity contribution in [3.05, 3.63) is 24.3 Å². The van der Waals surface area contributed by atoms with E-state index in [2.05, 4.69) is 4.74 Å². The zero-order valence-corrected chi connectivity index (χ0v) is 9.76. The van der Waals surface area contributed by atoms with Gasteiger partial charge < -0.3 is 14.2 Å². The summed E-state index contributed by atoms with van der Waals surface area (Å²) in [6.45, 7) is 2.69. The Labute approximate surface area is 99.3 Å². The van der Waals surface area contributed by atoms with Crippen LogP contribution in [0.25, 0.3) is 0 Å². The summed E-state index contributed by atoms with van der Waals surface area (Å²) in [4.78, 5) is 21.2. The van der Waals surface area contributed by atoms with Crippen molar-refractivity contribution < 1.29 is 23.8 Å². The van der Waals surface area contributed by atoms with Gasteiger partial charge in [-0.1, -0.05) is 0 Å². The van der Waals surface area contributed by atoms with Crippen molar-refractivity contribution >= 4 is 11.8 Å². The average molecular weight is 238 g/mol. The Morgan fingerprint density at radius 3 is 2.00 bits per heavy atom. The van der Waals surface area contributed by atoms with Gasteiger partial charge >= 0.3 is 5.97 Å². The number of ketones is 1. The molecule has 0 aliphatic rings. The number of benzene rings is 1. The number of carbonyl (C=O) groups excluding carboxylic acids is 2.